The molecule has 19 heavy (non-hydrogen) atoms. The van der Waals surface area contributed by atoms with Gasteiger partial charge in [0.2, 0.25) is 0 Å². The van der Waals surface area contributed by atoms with Gasteiger partial charge in [0.1, 0.15) is 6.33 Å². The van der Waals surface area contributed by atoms with E-state index >= 15 is 0 Å². The summed E-state index contributed by atoms with van der Waals surface area (Å²) in [4.78, 5) is 19.5. The highest BCUT2D eigenvalue weighted by atomic mass is 16.4. The minimum Gasteiger partial charge on any atom is -0.409 e. The van der Waals surface area contributed by atoms with Crippen molar-refractivity contribution < 1.29 is 10.0 Å². The van der Waals surface area contributed by atoms with Gasteiger partial charge in [0.05, 0.1) is 11.3 Å². The Balaban J connectivity index is 2.27. The lowest BCUT2D eigenvalue weighted by Gasteiger charge is -2.09. The Hall–Kier alpha value is -2.96. The van der Waals surface area contributed by atoms with Crippen LogP contribution in [0.25, 0.3) is 0 Å². The first-order valence-electron chi connectivity index (χ1n) is 5.35. The van der Waals surface area contributed by atoms with Gasteiger partial charge in [-0.05, 0) is 12.1 Å². The van der Waals surface area contributed by atoms with Crippen LogP contribution in [0.5, 0.6) is 0 Å². The first-order chi connectivity index (χ1) is 9.22. The Morgan fingerprint density at radius 3 is 2.63 bits per heavy atom. The maximum Gasteiger partial charge on any atom is 0.258 e. The molecule has 0 aliphatic heterocycles. The number of oxime groups is 1. The zero-order chi connectivity index (χ0) is 13.7. The van der Waals surface area contributed by atoms with Crippen molar-refractivity contribution >= 4 is 17.4 Å². The summed E-state index contributed by atoms with van der Waals surface area (Å²) >= 11 is 0. The molecule has 0 bridgehead atoms. The van der Waals surface area contributed by atoms with Crippen LogP contribution in [0.3, 0.4) is 0 Å². The van der Waals surface area contributed by atoms with Gasteiger partial charge < -0.3 is 16.3 Å². The Morgan fingerprint density at radius 2 is 1.95 bits per heavy atom. The summed E-state index contributed by atoms with van der Waals surface area (Å²) in [6.07, 6.45) is 4.13. The summed E-state index contributed by atoms with van der Waals surface area (Å²) in [5.41, 5.74) is 6.71. The van der Waals surface area contributed by atoms with Crippen LogP contribution in [0.4, 0.5) is 5.69 Å². The largest absolute Gasteiger partial charge is 0.409 e. The second-order valence-electron chi connectivity index (χ2n) is 3.61. The van der Waals surface area contributed by atoms with Crippen LogP contribution >= 0.6 is 0 Å². The lowest BCUT2D eigenvalue weighted by Crippen LogP contribution is -2.19. The Morgan fingerprint density at radius 1 is 1.26 bits per heavy atom. The maximum absolute atomic E-state index is 11.9. The number of benzene rings is 1. The first-order valence-corrected chi connectivity index (χ1v) is 5.35. The summed E-state index contributed by atoms with van der Waals surface area (Å²) in [6, 6.07) is 6.72. The average molecular weight is 257 g/mol. The van der Waals surface area contributed by atoms with Crippen LogP contribution in [0.2, 0.25) is 0 Å². The van der Waals surface area contributed by atoms with Gasteiger partial charge in [-0.25, -0.2) is 9.97 Å². The smallest absolute Gasteiger partial charge is 0.258 e. The van der Waals surface area contributed by atoms with Crippen molar-refractivity contribution in [1.82, 2.24) is 9.97 Å². The van der Waals surface area contributed by atoms with Crippen LogP contribution in [0, 0.1) is 0 Å². The molecule has 0 aliphatic rings. The number of amidine groups is 1. The normalized spacial score (nSPS) is 11.1. The predicted octanol–water partition coefficient (Wildman–Crippen LogP) is 0.823. The highest BCUT2D eigenvalue weighted by Crippen LogP contribution is 2.15. The van der Waals surface area contributed by atoms with Crippen LogP contribution in [-0.2, 0) is 0 Å². The maximum atomic E-state index is 11.9. The van der Waals surface area contributed by atoms with Crippen molar-refractivity contribution in [3.05, 3.63) is 54.1 Å². The van der Waals surface area contributed by atoms with E-state index in [1.807, 2.05) is 0 Å². The van der Waals surface area contributed by atoms with Gasteiger partial charge in [-0.2, -0.15) is 0 Å². The van der Waals surface area contributed by atoms with Crippen LogP contribution in [-0.4, -0.2) is 26.9 Å². The number of nitrogens with two attached hydrogens (primary N) is 1. The molecule has 1 amide bonds. The number of carbonyl (C=O) groups excluding carboxylic acids is 1. The van der Waals surface area contributed by atoms with Crippen LogP contribution in [0.1, 0.15) is 15.9 Å². The van der Waals surface area contributed by atoms with E-state index in [1.54, 1.807) is 24.3 Å². The van der Waals surface area contributed by atoms with Crippen LogP contribution < -0.4 is 11.1 Å². The van der Waals surface area contributed by atoms with E-state index in [1.165, 1.54) is 18.7 Å². The number of amides is 1. The number of nitrogens with one attached hydrogen (secondary N) is 1. The van der Waals surface area contributed by atoms with Crippen molar-refractivity contribution in [2.75, 3.05) is 5.32 Å². The molecule has 96 valence electrons. The van der Waals surface area contributed by atoms with E-state index in [9.17, 15) is 4.79 Å². The number of anilines is 1. The molecule has 0 radical (unpaired) electrons. The topological polar surface area (TPSA) is 113 Å². The van der Waals surface area contributed by atoms with Crippen molar-refractivity contribution in [3.8, 4) is 0 Å². The molecule has 7 heteroatoms. The summed E-state index contributed by atoms with van der Waals surface area (Å²) in [6.45, 7) is 0. The lowest BCUT2D eigenvalue weighted by molar-refractivity contribution is 0.102. The summed E-state index contributed by atoms with van der Waals surface area (Å²) < 4.78 is 0. The van der Waals surface area contributed by atoms with E-state index in [4.69, 9.17) is 10.9 Å². The number of nitrogens with zero attached hydrogens (tertiary/aromatic N) is 3. The Labute approximate surface area is 108 Å². The monoisotopic (exact) mass is 257 g/mol. The van der Waals surface area contributed by atoms with Gasteiger partial charge in [-0.15, -0.1) is 0 Å². The molecule has 0 atom stereocenters. The van der Waals surface area contributed by atoms with Gasteiger partial charge in [-0.1, -0.05) is 17.3 Å². The number of aromatic nitrogens is 2. The Kier molecular flexibility index (Phi) is 3.67. The molecule has 7 nitrogen and oxygen atoms in total. The summed E-state index contributed by atoms with van der Waals surface area (Å²) in [7, 11) is 0. The molecule has 0 unspecified atom stereocenters. The van der Waals surface area contributed by atoms with E-state index < -0.39 is 0 Å². The van der Waals surface area contributed by atoms with Crippen molar-refractivity contribution in [1.29, 1.82) is 0 Å². The fraction of sp³-hybridized carbons (Fsp3) is 0. The number of para-hydroxylation sites is 1. The number of carbonyl (C=O) groups is 1. The molecule has 2 rings (SSSR count). The second kappa shape index (κ2) is 5.58. The van der Waals surface area contributed by atoms with Gasteiger partial charge >= 0.3 is 0 Å². The molecule has 1 heterocycles. The highest BCUT2D eigenvalue weighted by molar-refractivity contribution is 6.09. The van der Waals surface area contributed by atoms with E-state index in [0.717, 1.165) is 0 Å². The minimum absolute atomic E-state index is 0.0831. The molecule has 0 saturated heterocycles. The fourth-order valence-corrected chi connectivity index (χ4v) is 1.48. The summed E-state index contributed by atoms with van der Waals surface area (Å²) in [5, 5.41) is 14.3. The van der Waals surface area contributed by atoms with Gasteiger partial charge in [0, 0.05) is 18.0 Å². The molecular formula is C12H11N5O2. The molecule has 1 aromatic heterocycles. The zero-order valence-electron chi connectivity index (χ0n) is 9.82. The molecule has 0 fully saturated rings. The molecule has 0 aliphatic carbocycles. The van der Waals surface area contributed by atoms with Gasteiger partial charge in [0.25, 0.3) is 5.91 Å². The molecule has 0 spiro atoms. The van der Waals surface area contributed by atoms with Crippen molar-refractivity contribution in [2.24, 2.45) is 10.9 Å². The Bertz CT molecular complexity index is 613. The third-order valence-corrected chi connectivity index (χ3v) is 2.38. The number of rotatable bonds is 3. The van der Waals surface area contributed by atoms with Crippen molar-refractivity contribution in [3.63, 3.8) is 0 Å². The molecule has 0 saturated carbocycles. The average Bonchev–Trinajstić information content (AvgIpc) is 2.48. The van der Waals surface area contributed by atoms with E-state index in [2.05, 4.69) is 20.4 Å². The SMILES string of the molecule is N/C(=N/O)c1ccccc1NC(=O)c1cncnc1. The fourth-order valence-electron chi connectivity index (χ4n) is 1.48. The molecule has 1 aromatic carbocycles. The minimum atomic E-state index is -0.376. The molecule has 2 aromatic rings. The van der Waals surface area contributed by atoms with Gasteiger partial charge in [0.15, 0.2) is 5.84 Å². The first kappa shape index (κ1) is 12.5. The van der Waals surface area contributed by atoms with Gasteiger partial charge in [-0.3, -0.25) is 4.79 Å². The highest BCUT2D eigenvalue weighted by Gasteiger charge is 2.11. The van der Waals surface area contributed by atoms with Crippen molar-refractivity contribution in [2.45, 2.75) is 0 Å². The second-order valence-corrected chi connectivity index (χ2v) is 3.61. The predicted molar refractivity (Wildman–Crippen MR) is 68.9 cm³/mol. The van der Waals surface area contributed by atoms with Crippen LogP contribution in [0.15, 0.2) is 48.1 Å². The lowest BCUT2D eigenvalue weighted by atomic mass is 10.1. The quantitative estimate of drug-likeness (QED) is 0.326. The molecular weight excluding hydrogens is 246 g/mol. The molecule has 4 N–H and O–H groups in total. The van der Waals surface area contributed by atoms with E-state index in [-0.39, 0.29) is 11.7 Å². The third kappa shape index (κ3) is 2.83. The van der Waals surface area contributed by atoms with E-state index in [0.29, 0.717) is 16.8 Å². The number of hydrogen-bond acceptors (Lipinski definition) is 5. The zero-order valence-corrected chi connectivity index (χ0v) is 9.82. The third-order valence-electron chi connectivity index (χ3n) is 2.38. The standard InChI is InChI=1S/C12H11N5O2/c13-11(17-19)9-3-1-2-4-10(9)16-12(18)8-5-14-7-15-6-8/h1-7,19H,(H2,13,17)(H,16,18). The number of hydrogen-bond donors (Lipinski definition) is 3. The summed E-state index contributed by atoms with van der Waals surface area (Å²) in [5.74, 6) is -0.459.